The van der Waals surface area contributed by atoms with Gasteiger partial charge in [-0.25, -0.2) is 9.00 Å². The van der Waals surface area contributed by atoms with Gasteiger partial charge in [-0.2, -0.15) is 0 Å². The number of benzene rings is 3. The SMILES string of the molecule is CCCCc1cc(-c2ccccc2)oc1COCc1ccc(C(=O)NC(CCS(=O)O)C(=O)O)c(-c2ccccc2C)c1. The molecule has 3 aromatic carbocycles. The molecule has 1 heterocycles. The zero-order chi connectivity index (χ0) is 30.8. The van der Waals surface area contributed by atoms with Crippen LogP contribution in [0, 0.1) is 6.92 Å². The van der Waals surface area contributed by atoms with E-state index in [1.54, 1.807) is 12.1 Å². The second-order valence-corrected chi connectivity index (χ2v) is 11.4. The molecular formula is C34H37NO7S. The molecule has 4 aromatic rings. The van der Waals surface area contributed by atoms with Gasteiger partial charge in [-0.05, 0) is 72.2 Å². The summed E-state index contributed by atoms with van der Waals surface area (Å²) in [5.74, 6) is -0.501. The molecule has 1 aromatic heterocycles. The minimum Gasteiger partial charge on any atom is -0.480 e. The first-order valence-electron chi connectivity index (χ1n) is 14.3. The molecule has 2 atom stereocenters. The Kier molecular flexibility index (Phi) is 11.4. The lowest BCUT2D eigenvalue weighted by atomic mass is 9.93. The number of nitrogens with one attached hydrogen (secondary N) is 1. The van der Waals surface area contributed by atoms with Crippen molar-refractivity contribution < 1.29 is 32.6 Å². The van der Waals surface area contributed by atoms with E-state index >= 15 is 0 Å². The second-order valence-electron chi connectivity index (χ2n) is 10.4. The quantitative estimate of drug-likeness (QED) is 0.128. The molecule has 0 saturated carbocycles. The topological polar surface area (TPSA) is 126 Å². The molecular weight excluding hydrogens is 566 g/mol. The van der Waals surface area contributed by atoms with Crippen LogP contribution in [0.2, 0.25) is 0 Å². The van der Waals surface area contributed by atoms with Crippen molar-refractivity contribution in [3.05, 3.63) is 107 Å². The van der Waals surface area contributed by atoms with Gasteiger partial charge in [0.2, 0.25) is 0 Å². The number of carbonyl (C=O) groups is 2. The number of aliphatic carboxylic acids is 1. The average Bonchev–Trinajstić information content (AvgIpc) is 3.41. The largest absolute Gasteiger partial charge is 0.480 e. The first-order valence-corrected chi connectivity index (χ1v) is 15.6. The number of hydrogen-bond donors (Lipinski definition) is 3. The van der Waals surface area contributed by atoms with Gasteiger partial charge in [0.25, 0.3) is 5.91 Å². The highest BCUT2D eigenvalue weighted by Crippen LogP contribution is 2.30. The lowest BCUT2D eigenvalue weighted by Crippen LogP contribution is -2.41. The van der Waals surface area contributed by atoms with Gasteiger partial charge in [0, 0.05) is 11.1 Å². The van der Waals surface area contributed by atoms with Crippen molar-refractivity contribution in [1.82, 2.24) is 5.32 Å². The molecule has 3 N–H and O–H groups in total. The van der Waals surface area contributed by atoms with E-state index in [-0.39, 0.29) is 18.8 Å². The van der Waals surface area contributed by atoms with Crippen LogP contribution in [-0.4, -0.2) is 37.5 Å². The number of ether oxygens (including phenoxy) is 1. The Bertz CT molecular complexity index is 1560. The summed E-state index contributed by atoms with van der Waals surface area (Å²) in [5, 5.41) is 12.1. The first kappa shape index (κ1) is 31.9. The maximum Gasteiger partial charge on any atom is 0.326 e. The maximum absolute atomic E-state index is 13.3. The number of furan rings is 1. The van der Waals surface area contributed by atoms with E-state index in [1.807, 2.05) is 67.6 Å². The van der Waals surface area contributed by atoms with Gasteiger partial charge >= 0.3 is 5.97 Å². The molecule has 1 amide bonds. The number of carboxylic acid groups (broad SMARTS) is 1. The average molecular weight is 604 g/mol. The zero-order valence-corrected chi connectivity index (χ0v) is 25.2. The fraction of sp³-hybridized carbons (Fsp3) is 0.294. The number of aryl methyl sites for hydroxylation is 2. The van der Waals surface area contributed by atoms with Crippen LogP contribution < -0.4 is 5.32 Å². The number of carbonyl (C=O) groups excluding carboxylic acids is 1. The summed E-state index contributed by atoms with van der Waals surface area (Å²) >= 11 is -2.17. The summed E-state index contributed by atoms with van der Waals surface area (Å²) in [7, 11) is 0. The molecule has 0 bridgehead atoms. The number of amides is 1. The fourth-order valence-electron chi connectivity index (χ4n) is 4.86. The molecule has 9 heteroatoms. The summed E-state index contributed by atoms with van der Waals surface area (Å²) < 4.78 is 32.5. The van der Waals surface area contributed by atoms with Crippen LogP contribution in [0.25, 0.3) is 22.5 Å². The van der Waals surface area contributed by atoms with Crippen LogP contribution in [-0.2, 0) is 40.2 Å². The van der Waals surface area contributed by atoms with Gasteiger partial charge in [-0.15, -0.1) is 0 Å². The lowest BCUT2D eigenvalue weighted by molar-refractivity contribution is -0.139. The highest BCUT2D eigenvalue weighted by atomic mass is 32.2. The number of unbranched alkanes of at least 4 members (excludes halogenated alkanes) is 1. The summed E-state index contributed by atoms with van der Waals surface area (Å²) in [6.45, 7) is 4.66. The van der Waals surface area contributed by atoms with Crippen molar-refractivity contribution in [3.63, 3.8) is 0 Å². The second kappa shape index (κ2) is 15.4. The molecule has 226 valence electrons. The van der Waals surface area contributed by atoms with Crippen molar-refractivity contribution >= 4 is 23.0 Å². The minimum atomic E-state index is -2.17. The Hall–Kier alpha value is -4.05. The molecule has 0 saturated heterocycles. The van der Waals surface area contributed by atoms with E-state index in [0.29, 0.717) is 17.7 Å². The van der Waals surface area contributed by atoms with Crippen LogP contribution in [0.3, 0.4) is 0 Å². The predicted molar refractivity (Wildman–Crippen MR) is 167 cm³/mol. The Balaban J connectivity index is 1.55. The van der Waals surface area contributed by atoms with E-state index < -0.39 is 29.0 Å². The molecule has 8 nitrogen and oxygen atoms in total. The smallest absolute Gasteiger partial charge is 0.326 e. The first-order chi connectivity index (χ1) is 20.8. The van der Waals surface area contributed by atoms with Crippen LogP contribution >= 0.6 is 0 Å². The Labute approximate surface area is 254 Å². The van der Waals surface area contributed by atoms with Crippen LogP contribution in [0.4, 0.5) is 0 Å². The fourth-order valence-corrected chi connectivity index (χ4v) is 5.30. The van der Waals surface area contributed by atoms with E-state index in [1.165, 1.54) is 0 Å². The number of rotatable bonds is 15. The van der Waals surface area contributed by atoms with Crippen molar-refractivity contribution in [2.24, 2.45) is 0 Å². The molecule has 4 rings (SSSR count). The van der Waals surface area contributed by atoms with Gasteiger partial charge < -0.3 is 24.1 Å². The third-order valence-corrected chi connectivity index (χ3v) is 7.79. The van der Waals surface area contributed by atoms with E-state index in [2.05, 4.69) is 18.3 Å². The lowest BCUT2D eigenvalue weighted by Gasteiger charge is -2.17. The van der Waals surface area contributed by atoms with Gasteiger partial charge in [0.05, 0.1) is 12.4 Å². The summed E-state index contributed by atoms with van der Waals surface area (Å²) in [5.41, 5.74) is 5.70. The van der Waals surface area contributed by atoms with Crippen LogP contribution in [0.5, 0.6) is 0 Å². The minimum absolute atomic E-state index is 0.172. The van der Waals surface area contributed by atoms with E-state index in [4.69, 9.17) is 13.7 Å². The summed E-state index contributed by atoms with van der Waals surface area (Å²) in [6, 6.07) is 23.7. The zero-order valence-electron chi connectivity index (χ0n) is 24.4. The third kappa shape index (κ3) is 8.73. The molecule has 43 heavy (non-hydrogen) atoms. The Morgan fingerprint density at radius 2 is 1.72 bits per heavy atom. The van der Waals surface area contributed by atoms with Crippen molar-refractivity contribution in [2.75, 3.05) is 5.75 Å². The molecule has 0 aliphatic rings. The van der Waals surface area contributed by atoms with E-state index in [9.17, 15) is 18.9 Å². The summed E-state index contributed by atoms with van der Waals surface area (Å²) in [4.78, 5) is 25.0. The predicted octanol–water partition coefficient (Wildman–Crippen LogP) is 6.78. The molecule has 0 fully saturated rings. The third-order valence-electron chi connectivity index (χ3n) is 7.20. The molecule has 0 aliphatic carbocycles. The highest BCUT2D eigenvalue weighted by Gasteiger charge is 2.23. The number of carboxylic acids is 1. The molecule has 0 radical (unpaired) electrons. The van der Waals surface area contributed by atoms with Gasteiger partial charge in [0.1, 0.15) is 24.2 Å². The molecule has 0 aliphatic heterocycles. The van der Waals surface area contributed by atoms with Gasteiger partial charge in [-0.3, -0.25) is 4.79 Å². The monoisotopic (exact) mass is 603 g/mol. The van der Waals surface area contributed by atoms with Crippen LogP contribution in [0.15, 0.2) is 83.3 Å². The van der Waals surface area contributed by atoms with Crippen molar-refractivity contribution in [1.29, 1.82) is 0 Å². The standard InChI is InChI=1S/C34H37NO7S/c1-3-4-11-26-20-31(25-12-6-5-7-13-25)42-32(26)22-41-21-24-15-16-28(29(19-24)27-14-9-8-10-23(27)2)33(36)35-30(34(37)38)17-18-43(39)40/h5-10,12-16,19-20,30H,3-4,11,17-18,21-22H2,1-2H3,(H,35,36)(H,37,38)(H,39,40). The van der Waals surface area contributed by atoms with Crippen LogP contribution in [0.1, 0.15) is 59.0 Å². The normalized spacial score (nSPS) is 12.5. The molecule has 0 spiro atoms. The Morgan fingerprint density at radius 1 is 0.977 bits per heavy atom. The number of hydrogen-bond acceptors (Lipinski definition) is 5. The van der Waals surface area contributed by atoms with Gasteiger partial charge in [-0.1, -0.05) is 74.0 Å². The highest BCUT2D eigenvalue weighted by molar-refractivity contribution is 7.79. The molecule has 2 unspecified atom stereocenters. The van der Waals surface area contributed by atoms with E-state index in [0.717, 1.165) is 58.6 Å². The van der Waals surface area contributed by atoms with Crippen molar-refractivity contribution in [3.8, 4) is 22.5 Å². The summed E-state index contributed by atoms with van der Waals surface area (Å²) in [6.07, 6.45) is 2.85. The Morgan fingerprint density at radius 3 is 2.42 bits per heavy atom. The van der Waals surface area contributed by atoms with Gasteiger partial charge in [0.15, 0.2) is 11.1 Å². The van der Waals surface area contributed by atoms with Crippen molar-refractivity contribution in [2.45, 2.75) is 58.8 Å². The maximum atomic E-state index is 13.3.